The highest BCUT2D eigenvalue weighted by atomic mass is 19.1. The van der Waals surface area contributed by atoms with Crippen molar-refractivity contribution >= 4 is 11.0 Å². The molecule has 142 valence electrons. The molecule has 3 heterocycles. The third kappa shape index (κ3) is 2.98. The third-order valence-electron chi connectivity index (χ3n) is 4.76. The lowest BCUT2D eigenvalue weighted by molar-refractivity contribution is 0.413. The van der Waals surface area contributed by atoms with Gasteiger partial charge < -0.3 is 4.74 Å². The van der Waals surface area contributed by atoms with Gasteiger partial charge in [0.2, 0.25) is 0 Å². The molecule has 0 unspecified atom stereocenters. The molecule has 0 atom stereocenters. The summed E-state index contributed by atoms with van der Waals surface area (Å²) in [6, 6.07) is 6.34. The van der Waals surface area contributed by atoms with E-state index in [-0.39, 0.29) is 5.82 Å². The fourth-order valence-electron chi connectivity index (χ4n) is 3.34. The topological polar surface area (TPSA) is 65.7 Å². The molecule has 0 radical (unpaired) electrons. The van der Waals surface area contributed by atoms with E-state index in [1.165, 1.54) is 19.2 Å². The van der Waals surface area contributed by atoms with Gasteiger partial charge in [0.25, 0.3) is 0 Å². The van der Waals surface area contributed by atoms with Gasteiger partial charge in [0, 0.05) is 35.6 Å². The smallest absolute Gasteiger partial charge is 0.182 e. The Morgan fingerprint density at radius 3 is 2.54 bits per heavy atom. The van der Waals surface area contributed by atoms with Gasteiger partial charge in [-0.1, -0.05) is 0 Å². The molecule has 7 heteroatoms. The Hall–Kier alpha value is -3.35. The van der Waals surface area contributed by atoms with Gasteiger partial charge in [0.1, 0.15) is 11.6 Å². The average molecular weight is 377 g/mol. The minimum absolute atomic E-state index is 0.364. The van der Waals surface area contributed by atoms with Crippen molar-refractivity contribution in [3.8, 4) is 28.3 Å². The second-order valence-electron chi connectivity index (χ2n) is 6.54. The summed E-state index contributed by atoms with van der Waals surface area (Å²) in [5, 5.41) is 5.57. The van der Waals surface area contributed by atoms with Gasteiger partial charge in [-0.25, -0.2) is 9.37 Å². The summed E-state index contributed by atoms with van der Waals surface area (Å²) in [6.07, 6.45) is 3.48. The Bertz CT molecular complexity index is 1170. The summed E-state index contributed by atoms with van der Waals surface area (Å²) in [5.41, 5.74) is 5.42. The lowest BCUT2D eigenvalue weighted by Gasteiger charge is -2.11. The van der Waals surface area contributed by atoms with Crippen LogP contribution in [-0.4, -0.2) is 31.8 Å². The first-order chi connectivity index (χ1) is 13.5. The maximum absolute atomic E-state index is 13.7. The molecule has 0 saturated carbocycles. The lowest BCUT2D eigenvalue weighted by atomic mass is 10.0. The molecule has 4 aromatic rings. The highest BCUT2D eigenvalue weighted by Gasteiger charge is 2.19. The van der Waals surface area contributed by atoms with E-state index in [0.717, 1.165) is 34.6 Å². The molecule has 28 heavy (non-hydrogen) atoms. The zero-order valence-corrected chi connectivity index (χ0v) is 16.2. The van der Waals surface area contributed by atoms with Crippen LogP contribution in [0.2, 0.25) is 0 Å². The van der Waals surface area contributed by atoms with E-state index in [1.807, 2.05) is 31.5 Å². The average Bonchev–Trinajstić information content (AvgIpc) is 3.03. The van der Waals surface area contributed by atoms with Gasteiger partial charge in [0.05, 0.1) is 35.8 Å². The van der Waals surface area contributed by atoms with Gasteiger partial charge in [-0.3, -0.25) is 14.6 Å². The largest absolute Gasteiger partial charge is 0.496 e. The van der Waals surface area contributed by atoms with Crippen LogP contribution >= 0.6 is 0 Å². The van der Waals surface area contributed by atoms with Crippen molar-refractivity contribution in [3.05, 3.63) is 53.9 Å². The number of hydrogen-bond acceptors (Lipinski definition) is 5. The molecule has 4 rings (SSSR count). The van der Waals surface area contributed by atoms with Crippen LogP contribution < -0.4 is 4.74 Å². The molecule has 0 amide bonds. The number of aryl methyl sites for hydroxylation is 3. The van der Waals surface area contributed by atoms with E-state index in [9.17, 15) is 4.39 Å². The molecule has 1 aromatic carbocycles. The Morgan fingerprint density at radius 1 is 1.04 bits per heavy atom. The minimum atomic E-state index is -0.364. The lowest BCUT2D eigenvalue weighted by Crippen LogP contribution is -1.98. The molecule has 0 aliphatic heterocycles. The minimum Gasteiger partial charge on any atom is -0.496 e. The molecule has 0 saturated heterocycles. The molecule has 0 aliphatic rings. The summed E-state index contributed by atoms with van der Waals surface area (Å²) in [6.45, 7) is 6.68. The van der Waals surface area contributed by atoms with Crippen LogP contribution in [0.4, 0.5) is 4.39 Å². The van der Waals surface area contributed by atoms with Crippen LogP contribution in [0.1, 0.15) is 18.3 Å². The number of halogens is 1. The van der Waals surface area contributed by atoms with Crippen LogP contribution in [0.15, 0.2) is 36.7 Å². The number of methoxy groups -OCH3 is 1. The van der Waals surface area contributed by atoms with Gasteiger partial charge in [-0.15, -0.1) is 0 Å². The van der Waals surface area contributed by atoms with E-state index < -0.39 is 0 Å². The monoisotopic (exact) mass is 377 g/mol. The van der Waals surface area contributed by atoms with Crippen LogP contribution in [0.5, 0.6) is 5.75 Å². The van der Waals surface area contributed by atoms with Crippen LogP contribution in [0.3, 0.4) is 0 Å². The number of aromatic nitrogens is 5. The van der Waals surface area contributed by atoms with Gasteiger partial charge in [0.15, 0.2) is 5.65 Å². The molecule has 0 spiro atoms. The molecule has 3 aromatic heterocycles. The van der Waals surface area contributed by atoms with E-state index in [1.54, 1.807) is 18.5 Å². The van der Waals surface area contributed by atoms with Crippen molar-refractivity contribution in [1.29, 1.82) is 0 Å². The van der Waals surface area contributed by atoms with Gasteiger partial charge in [-0.05, 0) is 39.0 Å². The molecule has 6 nitrogen and oxygen atoms in total. The third-order valence-corrected chi connectivity index (χ3v) is 4.76. The van der Waals surface area contributed by atoms with Crippen molar-refractivity contribution in [3.63, 3.8) is 0 Å². The van der Waals surface area contributed by atoms with Gasteiger partial charge in [-0.2, -0.15) is 5.10 Å². The Morgan fingerprint density at radius 2 is 1.86 bits per heavy atom. The van der Waals surface area contributed by atoms with Crippen molar-refractivity contribution < 1.29 is 9.13 Å². The molecule has 0 aliphatic carbocycles. The van der Waals surface area contributed by atoms with E-state index in [4.69, 9.17) is 9.72 Å². The molecule has 0 N–H and O–H groups in total. The van der Waals surface area contributed by atoms with Crippen LogP contribution in [0, 0.1) is 19.7 Å². The number of pyridine rings is 1. The highest BCUT2D eigenvalue weighted by molar-refractivity contribution is 5.96. The highest BCUT2D eigenvalue weighted by Crippen LogP contribution is 2.36. The second kappa shape index (κ2) is 6.99. The first-order valence-electron chi connectivity index (χ1n) is 9.03. The van der Waals surface area contributed by atoms with E-state index in [0.29, 0.717) is 22.7 Å². The second-order valence-corrected chi connectivity index (χ2v) is 6.54. The SMILES string of the molecule is CCn1nc2nc(-c3ccc(F)cc3OC)cc(-c3cnc(C)cn3)c2c1C. The zero-order chi connectivity index (χ0) is 19.8. The van der Waals surface area contributed by atoms with Crippen LogP contribution in [-0.2, 0) is 6.54 Å². The standard InChI is InChI=1S/C21H20FN5O/c1-5-27-13(3)20-16(18-11-23-12(2)10-24-18)9-17(25-21(20)26-27)15-7-6-14(22)8-19(15)28-4/h6-11H,5H2,1-4H3. The summed E-state index contributed by atoms with van der Waals surface area (Å²) < 4.78 is 20.9. The van der Waals surface area contributed by atoms with Crippen LogP contribution in [0.25, 0.3) is 33.5 Å². The maximum atomic E-state index is 13.7. The maximum Gasteiger partial charge on any atom is 0.182 e. The molecular formula is C21H20FN5O. The molecule has 0 bridgehead atoms. The van der Waals surface area contributed by atoms with E-state index >= 15 is 0 Å². The predicted octanol–water partition coefficient (Wildman–Crippen LogP) is 4.34. The number of rotatable bonds is 4. The quantitative estimate of drug-likeness (QED) is 0.529. The number of benzene rings is 1. The summed E-state index contributed by atoms with van der Waals surface area (Å²) in [5.74, 6) is 0.0526. The zero-order valence-electron chi connectivity index (χ0n) is 16.2. The number of ether oxygens (including phenoxy) is 1. The molecular weight excluding hydrogens is 357 g/mol. The molecule has 0 fully saturated rings. The normalized spacial score (nSPS) is 11.2. The number of hydrogen-bond donors (Lipinski definition) is 0. The Kier molecular flexibility index (Phi) is 4.50. The summed E-state index contributed by atoms with van der Waals surface area (Å²) in [7, 11) is 1.51. The fourth-order valence-corrected chi connectivity index (χ4v) is 3.34. The van der Waals surface area contributed by atoms with Crippen molar-refractivity contribution in [1.82, 2.24) is 24.7 Å². The predicted molar refractivity (Wildman–Crippen MR) is 106 cm³/mol. The van der Waals surface area contributed by atoms with Crippen molar-refractivity contribution in [2.75, 3.05) is 7.11 Å². The van der Waals surface area contributed by atoms with Crippen molar-refractivity contribution in [2.45, 2.75) is 27.3 Å². The Balaban J connectivity index is 2.03. The van der Waals surface area contributed by atoms with Gasteiger partial charge >= 0.3 is 0 Å². The number of fused-ring (bicyclic) bond motifs is 1. The first-order valence-corrected chi connectivity index (χ1v) is 9.03. The van der Waals surface area contributed by atoms with E-state index in [2.05, 4.69) is 15.1 Å². The first kappa shape index (κ1) is 18.0. The Labute approximate surface area is 162 Å². The summed E-state index contributed by atoms with van der Waals surface area (Å²) >= 11 is 0. The number of nitrogens with zero attached hydrogens (tertiary/aromatic N) is 5. The van der Waals surface area contributed by atoms with Crippen molar-refractivity contribution in [2.24, 2.45) is 0 Å². The fraction of sp³-hybridized carbons (Fsp3) is 0.238. The summed E-state index contributed by atoms with van der Waals surface area (Å²) in [4.78, 5) is 13.7.